The molecule has 2 rings (SSSR count). The van der Waals surface area contributed by atoms with Gasteiger partial charge in [0, 0.05) is 13.1 Å². The van der Waals surface area contributed by atoms with Crippen LogP contribution in [-0.4, -0.2) is 26.7 Å². The van der Waals surface area contributed by atoms with E-state index in [9.17, 15) is 5.26 Å². The summed E-state index contributed by atoms with van der Waals surface area (Å²) in [5.74, 6) is 0.779. The summed E-state index contributed by atoms with van der Waals surface area (Å²) in [6.45, 7) is 5.31. The summed E-state index contributed by atoms with van der Waals surface area (Å²) in [6.07, 6.45) is 2.42. The number of piperidine rings is 1. The Labute approximate surface area is 109 Å². The molecule has 3 heteroatoms. The summed E-state index contributed by atoms with van der Waals surface area (Å²) in [4.78, 5) is 2.36. The number of aryl methyl sites for hydroxylation is 1. The molecular formula is C15H21N3. The van der Waals surface area contributed by atoms with E-state index in [1.807, 2.05) is 19.2 Å². The molecule has 1 heterocycles. The quantitative estimate of drug-likeness (QED) is 0.885. The van der Waals surface area contributed by atoms with Crippen LogP contribution in [0, 0.1) is 24.2 Å². The zero-order chi connectivity index (χ0) is 13.0. The van der Waals surface area contributed by atoms with E-state index in [4.69, 9.17) is 0 Å². The van der Waals surface area contributed by atoms with E-state index in [1.54, 1.807) is 0 Å². The maximum absolute atomic E-state index is 9.19. The van der Waals surface area contributed by atoms with E-state index >= 15 is 0 Å². The molecule has 1 N–H and O–H groups in total. The summed E-state index contributed by atoms with van der Waals surface area (Å²) in [6, 6.07) is 8.38. The minimum atomic E-state index is 0.779. The molecule has 1 saturated heterocycles. The van der Waals surface area contributed by atoms with E-state index < -0.39 is 0 Å². The first-order valence-electron chi connectivity index (χ1n) is 6.65. The number of benzene rings is 1. The van der Waals surface area contributed by atoms with Crippen molar-refractivity contribution < 1.29 is 0 Å². The van der Waals surface area contributed by atoms with Crippen LogP contribution >= 0.6 is 0 Å². The van der Waals surface area contributed by atoms with Gasteiger partial charge in [0.1, 0.15) is 6.07 Å². The third-order valence-electron chi connectivity index (χ3n) is 3.72. The van der Waals surface area contributed by atoms with Crippen LogP contribution in [0.1, 0.15) is 24.0 Å². The Hall–Kier alpha value is -1.53. The molecule has 96 valence electrons. The van der Waals surface area contributed by atoms with Crippen molar-refractivity contribution in [2.75, 3.05) is 31.6 Å². The highest BCUT2D eigenvalue weighted by Crippen LogP contribution is 2.26. The smallest absolute Gasteiger partial charge is 0.101 e. The molecule has 1 aromatic carbocycles. The molecule has 0 unspecified atom stereocenters. The van der Waals surface area contributed by atoms with Crippen LogP contribution < -0.4 is 10.2 Å². The minimum absolute atomic E-state index is 0.779. The summed E-state index contributed by atoms with van der Waals surface area (Å²) >= 11 is 0. The third-order valence-corrected chi connectivity index (χ3v) is 3.72. The standard InChI is InChI=1S/C15H21N3/c1-12-3-4-14(10-16)15(9-12)18-7-5-13(6-8-18)11-17-2/h3-4,9,13,17H,5-8,11H2,1-2H3. The summed E-state index contributed by atoms with van der Waals surface area (Å²) in [7, 11) is 2.01. The van der Waals surface area contributed by atoms with Gasteiger partial charge in [0.25, 0.3) is 0 Å². The van der Waals surface area contributed by atoms with Gasteiger partial charge in [-0.05, 0) is 57.0 Å². The van der Waals surface area contributed by atoms with Gasteiger partial charge in [0.05, 0.1) is 11.3 Å². The van der Waals surface area contributed by atoms with Crippen LogP contribution in [0.25, 0.3) is 0 Å². The fraction of sp³-hybridized carbons (Fsp3) is 0.533. The van der Waals surface area contributed by atoms with Crippen LogP contribution in [0.15, 0.2) is 18.2 Å². The van der Waals surface area contributed by atoms with E-state index in [0.717, 1.165) is 36.8 Å². The Morgan fingerprint density at radius 2 is 2.11 bits per heavy atom. The van der Waals surface area contributed by atoms with Gasteiger partial charge in [0.2, 0.25) is 0 Å². The summed E-state index contributed by atoms with van der Waals surface area (Å²) in [5.41, 5.74) is 3.13. The lowest BCUT2D eigenvalue weighted by molar-refractivity contribution is 0.393. The highest BCUT2D eigenvalue weighted by atomic mass is 15.1. The lowest BCUT2D eigenvalue weighted by atomic mass is 9.95. The minimum Gasteiger partial charge on any atom is -0.370 e. The zero-order valence-corrected chi connectivity index (χ0v) is 11.2. The third kappa shape index (κ3) is 2.83. The number of nitriles is 1. The van der Waals surface area contributed by atoms with Gasteiger partial charge in [-0.3, -0.25) is 0 Å². The van der Waals surface area contributed by atoms with Crippen molar-refractivity contribution in [1.82, 2.24) is 5.32 Å². The predicted molar refractivity (Wildman–Crippen MR) is 74.8 cm³/mol. The van der Waals surface area contributed by atoms with E-state index in [-0.39, 0.29) is 0 Å². The summed E-state index contributed by atoms with van der Waals surface area (Å²) in [5, 5.41) is 12.4. The van der Waals surface area contributed by atoms with Crippen molar-refractivity contribution in [2.45, 2.75) is 19.8 Å². The van der Waals surface area contributed by atoms with Gasteiger partial charge in [-0.25, -0.2) is 0 Å². The van der Waals surface area contributed by atoms with E-state index in [1.165, 1.54) is 18.4 Å². The normalized spacial score (nSPS) is 16.6. The van der Waals surface area contributed by atoms with E-state index in [0.29, 0.717) is 0 Å². The second-order valence-corrected chi connectivity index (χ2v) is 5.12. The molecule has 1 aliphatic heterocycles. The molecule has 0 radical (unpaired) electrons. The first kappa shape index (κ1) is 12.9. The lowest BCUT2D eigenvalue weighted by Crippen LogP contribution is -2.37. The fourth-order valence-corrected chi connectivity index (χ4v) is 2.66. The number of nitrogens with zero attached hydrogens (tertiary/aromatic N) is 2. The number of hydrogen-bond acceptors (Lipinski definition) is 3. The maximum atomic E-state index is 9.19. The van der Waals surface area contributed by atoms with Crippen molar-refractivity contribution in [3.63, 3.8) is 0 Å². The largest absolute Gasteiger partial charge is 0.370 e. The van der Waals surface area contributed by atoms with Gasteiger partial charge in [-0.15, -0.1) is 0 Å². The predicted octanol–water partition coefficient (Wildman–Crippen LogP) is 2.30. The van der Waals surface area contributed by atoms with Gasteiger partial charge in [-0.2, -0.15) is 5.26 Å². The first-order valence-corrected chi connectivity index (χ1v) is 6.65. The maximum Gasteiger partial charge on any atom is 0.101 e. The molecule has 1 fully saturated rings. The Bertz CT molecular complexity index is 440. The van der Waals surface area contributed by atoms with Crippen molar-refractivity contribution >= 4 is 5.69 Å². The van der Waals surface area contributed by atoms with Crippen LogP contribution in [0.4, 0.5) is 5.69 Å². The molecule has 0 bridgehead atoms. The molecule has 0 saturated carbocycles. The molecule has 1 aliphatic rings. The number of hydrogen-bond donors (Lipinski definition) is 1. The van der Waals surface area contributed by atoms with Gasteiger partial charge >= 0.3 is 0 Å². The van der Waals surface area contributed by atoms with E-state index in [2.05, 4.69) is 29.3 Å². The van der Waals surface area contributed by atoms with Crippen molar-refractivity contribution in [1.29, 1.82) is 5.26 Å². The number of rotatable bonds is 3. The molecule has 0 aromatic heterocycles. The first-order chi connectivity index (χ1) is 8.74. The topological polar surface area (TPSA) is 39.1 Å². The SMILES string of the molecule is CNCC1CCN(c2cc(C)ccc2C#N)CC1. The molecule has 1 aromatic rings. The second kappa shape index (κ2) is 5.88. The zero-order valence-electron chi connectivity index (χ0n) is 11.2. The van der Waals surface area contributed by atoms with Crippen molar-refractivity contribution in [3.8, 4) is 6.07 Å². The number of anilines is 1. The van der Waals surface area contributed by atoms with Crippen LogP contribution in [-0.2, 0) is 0 Å². The monoisotopic (exact) mass is 243 g/mol. The van der Waals surface area contributed by atoms with Crippen LogP contribution in [0.3, 0.4) is 0 Å². The average molecular weight is 243 g/mol. The molecule has 3 nitrogen and oxygen atoms in total. The summed E-state index contributed by atoms with van der Waals surface area (Å²) < 4.78 is 0. The van der Waals surface area contributed by atoms with Gasteiger partial charge in [-0.1, -0.05) is 6.07 Å². The average Bonchev–Trinajstić information content (AvgIpc) is 2.40. The van der Waals surface area contributed by atoms with Crippen molar-refractivity contribution in [2.24, 2.45) is 5.92 Å². The molecule has 0 atom stereocenters. The molecule has 0 aliphatic carbocycles. The number of nitrogens with one attached hydrogen (secondary N) is 1. The Morgan fingerprint density at radius 1 is 1.39 bits per heavy atom. The molecule has 0 amide bonds. The highest BCUT2D eigenvalue weighted by molar-refractivity contribution is 5.60. The fourth-order valence-electron chi connectivity index (χ4n) is 2.66. The van der Waals surface area contributed by atoms with Gasteiger partial charge in [0.15, 0.2) is 0 Å². The second-order valence-electron chi connectivity index (χ2n) is 5.12. The van der Waals surface area contributed by atoms with Gasteiger partial charge < -0.3 is 10.2 Å². The molecule has 18 heavy (non-hydrogen) atoms. The molecular weight excluding hydrogens is 222 g/mol. The Kier molecular flexibility index (Phi) is 4.22. The molecule has 0 spiro atoms. The lowest BCUT2D eigenvalue weighted by Gasteiger charge is -2.34. The van der Waals surface area contributed by atoms with Crippen molar-refractivity contribution in [3.05, 3.63) is 29.3 Å². The Balaban J connectivity index is 2.10. The Morgan fingerprint density at radius 3 is 2.72 bits per heavy atom. The highest BCUT2D eigenvalue weighted by Gasteiger charge is 2.20. The van der Waals surface area contributed by atoms with Crippen LogP contribution in [0.2, 0.25) is 0 Å². The van der Waals surface area contributed by atoms with Crippen LogP contribution in [0.5, 0.6) is 0 Å².